The van der Waals surface area contributed by atoms with Crippen LogP contribution in [-0.4, -0.2) is 36.6 Å². The standard InChI is InChI=1S/C13H28N2/c1-4-9-14-12(2)13(3)15-10-7-5-6-8-11-15/h12-14H,4-11H2,1-3H3. The average molecular weight is 212 g/mol. The van der Waals surface area contributed by atoms with Crippen LogP contribution in [-0.2, 0) is 0 Å². The highest BCUT2D eigenvalue weighted by molar-refractivity contribution is 4.79. The highest BCUT2D eigenvalue weighted by atomic mass is 15.2. The van der Waals surface area contributed by atoms with Crippen molar-refractivity contribution >= 4 is 0 Å². The molecule has 15 heavy (non-hydrogen) atoms. The van der Waals surface area contributed by atoms with E-state index in [0.29, 0.717) is 12.1 Å². The Labute approximate surface area is 95.4 Å². The van der Waals surface area contributed by atoms with Crippen LogP contribution in [0.1, 0.15) is 52.9 Å². The molecule has 90 valence electrons. The van der Waals surface area contributed by atoms with E-state index in [0.717, 1.165) is 6.54 Å². The zero-order valence-electron chi connectivity index (χ0n) is 10.8. The molecule has 1 saturated heterocycles. The molecule has 0 aromatic heterocycles. The third-order valence-corrected chi connectivity index (χ3v) is 3.66. The van der Waals surface area contributed by atoms with Crippen molar-refractivity contribution in [2.45, 2.75) is 65.0 Å². The van der Waals surface area contributed by atoms with Gasteiger partial charge in [-0.1, -0.05) is 19.8 Å². The minimum absolute atomic E-state index is 0.628. The predicted molar refractivity (Wildman–Crippen MR) is 67.3 cm³/mol. The average Bonchev–Trinajstić information content (AvgIpc) is 2.53. The van der Waals surface area contributed by atoms with Crippen LogP contribution in [0.2, 0.25) is 0 Å². The van der Waals surface area contributed by atoms with E-state index in [-0.39, 0.29) is 0 Å². The topological polar surface area (TPSA) is 15.3 Å². The van der Waals surface area contributed by atoms with E-state index in [2.05, 4.69) is 31.0 Å². The summed E-state index contributed by atoms with van der Waals surface area (Å²) in [5.41, 5.74) is 0. The maximum absolute atomic E-state index is 3.61. The minimum atomic E-state index is 0.628. The summed E-state index contributed by atoms with van der Waals surface area (Å²) in [5, 5.41) is 3.61. The first-order valence-corrected chi connectivity index (χ1v) is 6.73. The van der Waals surface area contributed by atoms with Gasteiger partial charge in [-0.05, 0) is 52.7 Å². The van der Waals surface area contributed by atoms with Crippen LogP contribution in [0.3, 0.4) is 0 Å². The molecule has 0 saturated carbocycles. The lowest BCUT2D eigenvalue weighted by Crippen LogP contribution is -2.47. The highest BCUT2D eigenvalue weighted by Crippen LogP contribution is 2.14. The zero-order valence-corrected chi connectivity index (χ0v) is 10.8. The number of hydrogen-bond acceptors (Lipinski definition) is 2. The molecule has 2 atom stereocenters. The number of hydrogen-bond donors (Lipinski definition) is 1. The fourth-order valence-electron chi connectivity index (χ4n) is 2.36. The first kappa shape index (κ1) is 13.0. The fraction of sp³-hybridized carbons (Fsp3) is 1.00. The molecule has 1 aliphatic rings. The summed E-state index contributed by atoms with van der Waals surface area (Å²) in [6.45, 7) is 10.7. The SMILES string of the molecule is CCCNC(C)C(C)N1CCCCCC1. The first-order valence-electron chi connectivity index (χ1n) is 6.73. The molecule has 0 radical (unpaired) electrons. The monoisotopic (exact) mass is 212 g/mol. The maximum atomic E-state index is 3.61. The van der Waals surface area contributed by atoms with Crippen molar-refractivity contribution in [2.75, 3.05) is 19.6 Å². The van der Waals surface area contributed by atoms with Gasteiger partial charge in [-0.25, -0.2) is 0 Å². The second-order valence-electron chi connectivity index (χ2n) is 4.93. The van der Waals surface area contributed by atoms with E-state index in [4.69, 9.17) is 0 Å². The van der Waals surface area contributed by atoms with Gasteiger partial charge in [0.15, 0.2) is 0 Å². The van der Waals surface area contributed by atoms with E-state index >= 15 is 0 Å². The van der Waals surface area contributed by atoms with Crippen LogP contribution >= 0.6 is 0 Å². The second-order valence-corrected chi connectivity index (χ2v) is 4.93. The molecule has 0 aliphatic carbocycles. The van der Waals surface area contributed by atoms with Gasteiger partial charge < -0.3 is 5.32 Å². The quantitative estimate of drug-likeness (QED) is 0.753. The van der Waals surface area contributed by atoms with Crippen molar-refractivity contribution in [1.82, 2.24) is 10.2 Å². The lowest BCUT2D eigenvalue weighted by molar-refractivity contribution is 0.181. The Morgan fingerprint density at radius 1 is 1.07 bits per heavy atom. The van der Waals surface area contributed by atoms with Crippen LogP contribution in [0, 0.1) is 0 Å². The lowest BCUT2D eigenvalue weighted by atomic mass is 10.1. The molecule has 1 heterocycles. The van der Waals surface area contributed by atoms with Crippen LogP contribution < -0.4 is 5.32 Å². The second kappa shape index (κ2) is 7.24. The predicted octanol–water partition coefficient (Wildman–Crippen LogP) is 2.64. The highest BCUT2D eigenvalue weighted by Gasteiger charge is 2.20. The summed E-state index contributed by atoms with van der Waals surface area (Å²) >= 11 is 0. The van der Waals surface area contributed by atoms with Crippen LogP contribution in [0.4, 0.5) is 0 Å². The van der Waals surface area contributed by atoms with Gasteiger partial charge >= 0.3 is 0 Å². The van der Waals surface area contributed by atoms with E-state index < -0.39 is 0 Å². The number of rotatable bonds is 5. The van der Waals surface area contributed by atoms with Gasteiger partial charge in [-0.2, -0.15) is 0 Å². The van der Waals surface area contributed by atoms with E-state index in [9.17, 15) is 0 Å². The molecule has 0 amide bonds. The summed E-state index contributed by atoms with van der Waals surface area (Å²) in [6.07, 6.45) is 6.88. The van der Waals surface area contributed by atoms with Crippen LogP contribution in [0.5, 0.6) is 0 Å². The number of likely N-dealkylation sites (tertiary alicyclic amines) is 1. The summed E-state index contributed by atoms with van der Waals surface area (Å²) in [6, 6.07) is 1.32. The molecular weight excluding hydrogens is 184 g/mol. The summed E-state index contributed by atoms with van der Waals surface area (Å²) < 4.78 is 0. The first-order chi connectivity index (χ1) is 7.25. The number of nitrogens with one attached hydrogen (secondary N) is 1. The molecule has 0 aromatic carbocycles. The molecule has 2 nitrogen and oxygen atoms in total. The summed E-state index contributed by atoms with van der Waals surface area (Å²) in [7, 11) is 0. The molecule has 2 heteroatoms. The van der Waals surface area contributed by atoms with Gasteiger partial charge in [-0.3, -0.25) is 4.90 Å². The fourth-order valence-corrected chi connectivity index (χ4v) is 2.36. The third kappa shape index (κ3) is 4.52. The third-order valence-electron chi connectivity index (χ3n) is 3.66. The summed E-state index contributed by atoms with van der Waals surface area (Å²) in [4.78, 5) is 2.67. The van der Waals surface area contributed by atoms with Crippen LogP contribution in [0.25, 0.3) is 0 Å². The smallest absolute Gasteiger partial charge is 0.0218 e. The number of nitrogens with zero attached hydrogens (tertiary/aromatic N) is 1. The van der Waals surface area contributed by atoms with Gasteiger partial charge in [0.25, 0.3) is 0 Å². The summed E-state index contributed by atoms with van der Waals surface area (Å²) in [5.74, 6) is 0. The molecule has 0 spiro atoms. The Morgan fingerprint density at radius 3 is 2.20 bits per heavy atom. The molecule has 1 N–H and O–H groups in total. The van der Waals surface area contributed by atoms with Crippen molar-refractivity contribution in [3.63, 3.8) is 0 Å². The lowest BCUT2D eigenvalue weighted by Gasteiger charge is -2.32. The largest absolute Gasteiger partial charge is 0.313 e. The van der Waals surface area contributed by atoms with Gasteiger partial charge in [0.05, 0.1) is 0 Å². The van der Waals surface area contributed by atoms with Crippen molar-refractivity contribution < 1.29 is 0 Å². The van der Waals surface area contributed by atoms with Gasteiger partial charge in [0.1, 0.15) is 0 Å². The molecule has 0 bridgehead atoms. The van der Waals surface area contributed by atoms with Crippen molar-refractivity contribution in [3.8, 4) is 0 Å². The van der Waals surface area contributed by atoms with Crippen LogP contribution in [0.15, 0.2) is 0 Å². The minimum Gasteiger partial charge on any atom is -0.313 e. The Balaban J connectivity index is 2.32. The Hall–Kier alpha value is -0.0800. The molecule has 0 aromatic rings. The Bertz CT molecular complexity index is 151. The molecule has 2 unspecified atom stereocenters. The van der Waals surface area contributed by atoms with Crippen molar-refractivity contribution in [2.24, 2.45) is 0 Å². The Kier molecular flexibility index (Phi) is 6.26. The van der Waals surface area contributed by atoms with Gasteiger partial charge in [0, 0.05) is 12.1 Å². The van der Waals surface area contributed by atoms with Gasteiger partial charge in [0.2, 0.25) is 0 Å². The maximum Gasteiger partial charge on any atom is 0.0218 e. The van der Waals surface area contributed by atoms with Crippen molar-refractivity contribution in [1.29, 1.82) is 0 Å². The molecule has 1 aliphatic heterocycles. The van der Waals surface area contributed by atoms with E-state index in [1.807, 2.05) is 0 Å². The molecule has 1 fully saturated rings. The molecule has 1 rings (SSSR count). The molecular formula is C13H28N2. The normalized spacial score (nSPS) is 23.4. The Morgan fingerprint density at radius 2 is 1.67 bits per heavy atom. The van der Waals surface area contributed by atoms with E-state index in [1.54, 1.807) is 0 Å². The van der Waals surface area contributed by atoms with Gasteiger partial charge in [-0.15, -0.1) is 0 Å². The van der Waals surface area contributed by atoms with Crippen molar-refractivity contribution in [3.05, 3.63) is 0 Å². The zero-order chi connectivity index (χ0) is 11.1. The van der Waals surface area contributed by atoms with E-state index in [1.165, 1.54) is 45.2 Å².